The van der Waals surface area contributed by atoms with Gasteiger partial charge < -0.3 is 20.1 Å². The van der Waals surface area contributed by atoms with Crippen LogP contribution in [0.4, 0.5) is 14.9 Å². The highest BCUT2D eigenvalue weighted by Crippen LogP contribution is 2.22. The van der Waals surface area contributed by atoms with Crippen molar-refractivity contribution >= 4 is 17.7 Å². The summed E-state index contributed by atoms with van der Waals surface area (Å²) >= 11 is 0. The van der Waals surface area contributed by atoms with Gasteiger partial charge in [-0.2, -0.15) is 0 Å². The summed E-state index contributed by atoms with van der Waals surface area (Å²) in [5.74, 6) is -0.284. The first-order valence-corrected chi connectivity index (χ1v) is 7.33. The number of amides is 2. The Labute approximate surface area is 137 Å². The molecule has 0 aliphatic carbocycles. The Bertz CT molecular complexity index is 731. The smallest absolute Gasteiger partial charge is 0.407 e. The molecule has 0 radical (unpaired) electrons. The number of hydrogen-bond donors (Lipinski definition) is 2. The van der Waals surface area contributed by atoms with Gasteiger partial charge in [-0.25, -0.2) is 9.18 Å². The Kier molecular flexibility index (Phi) is 4.60. The zero-order chi connectivity index (χ0) is 16.9. The molecular formula is C17H15FN2O4. The summed E-state index contributed by atoms with van der Waals surface area (Å²) in [4.78, 5) is 22.9. The fourth-order valence-electron chi connectivity index (χ4n) is 2.23. The first-order chi connectivity index (χ1) is 11.6. The molecule has 0 saturated carbocycles. The van der Waals surface area contributed by atoms with Crippen LogP contribution in [0.1, 0.15) is 11.7 Å². The molecule has 7 heteroatoms. The summed E-state index contributed by atoms with van der Waals surface area (Å²) in [6.45, 7) is 0.244. The highest BCUT2D eigenvalue weighted by atomic mass is 19.1. The molecule has 0 spiro atoms. The fraction of sp³-hybridized carbons (Fsp3) is 0.176. The minimum atomic E-state index is -0.435. The van der Waals surface area contributed by atoms with Gasteiger partial charge in [0.1, 0.15) is 17.7 Å². The van der Waals surface area contributed by atoms with Gasteiger partial charge in [0.05, 0.1) is 6.54 Å². The van der Waals surface area contributed by atoms with E-state index in [0.717, 1.165) is 5.56 Å². The van der Waals surface area contributed by atoms with Crippen LogP contribution in [0.5, 0.6) is 5.75 Å². The molecular weight excluding hydrogens is 315 g/mol. The van der Waals surface area contributed by atoms with E-state index in [1.54, 1.807) is 24.3 Å². The molecule has 1 fully saturated rings. The fourth-order valence-corrected chi connectivity index (χ4v) is 2.23. The predicted molar refractivity (Wildman–Crippen MR) is 84.2 cm³/mol. The average Bonchev–Trinajstić information content (AvgIpc) is 3.01. The second-order valence-electron chi connectivity index (χ2n) is 5.19. The minimum Gasteiger partial charge on any atom is -0.484 e. The Hall–Kier alpha value is -3.09. The number of halogens is 1. The number of anilines is 1. The largest absolute Gasteiger partial charge is 0.484 e. The van der Waals surface area contributed by atoms with Crippen molar-refractivity contribution in [1.82, 2.24) is 5.32 Å². The van der Waals surface area contributed by atoms with Crippen LogP contribution in [-0.2, 0) is 9.53 Å². The molecule has 24 heavy (non-hydrogen) atoms. The molecule has 1 heterocycles. The van der Waals surface area contributed by atoms with Crippen LogP contribution in [0.25, 0.3) is 0 Å². The topological polar surface area (TPSA) is 76.7 Å². The zero-order valence-electron chi connectivity index (χ0n) is 12.6. The van der Waals surface area contributed by atoms with Gasteiger partial charge in [-0.05, 0) is 42.0 Å². The molecule has 0 aromatic heterocycles. The van der Waals surface area contributed by atoms with Crippen LogP contribution in [0, 0.1) is 5.82 Å². The van der Waals surface area contributed by atoms with Crippen LogP contribution in [0.3, 0.4) is 0 Å². The molecule has 0 bridgehead atoms. The molecule has 1 aliphatic rings. The van der Waals surface area contributed by atoms with Crippen molar-refractivity contribution in [3.63, 3.8) is 0 Å². The van der Waals surface area contributed by atoms with Gasteiger partial charge in [-0.3, -0.25) is 4.79 Å². The van der Waals surface area contributed by atoms with Crippen LogP contribution in [-0.4, -0.2) is 25.2 Å². The van der Waals surface area contributed by atoms with E-state index in [9.17, 15) is 14.0 Å². The molecule has 124 valence electrons. The summed E-state index contributed by atoms with van der Waals surface area (Å²) < 4.78 is 23.1. The number of benzene rings is 2. The van der Waals surface area contributed by atoms with Crippen LogP contribution in [0.2, 0.25) is 0 Å². The minimum absolute atomic E-state index is 0.183. The SMILES string of the molecule is O=C(COc1ccc(F)cc1)Nc1ccc(C2CNC(=O)O2)cc1. The van der Waals surface area contributed by atoms with Gasteiger partial charge in [0.2, 0.25) is 0 Å². The molecule has 3 rings (SSSR count). The van der Waals surface area contributed by atoms with Crippen molar-refractivity contribution < 1.29 is 23.5 Å². The first kappa shape index (κ1) is 15.8. The molecule has 2 amide bonds. The summed E-state index contributed by atoms with van der Waals surface area (Å²) in [5, 5.41) is 5.27. The molecule has 2 aromatic carbocycles. The van der Waals surface area contributed by atoms with Crippen molar-refractivity contribution in [2.24, 2.45) is 0 Å². The van der Waals surface area contributed by atoms with E-state index in [4.69, 9.17) is 9.47 Å². The third kappa shape index (κ3) is 4.01. The van der Waals surface area contributed by atoms with E-state index in [1.807, 2.05) is 0 Å². The number of alkyl carbamates (subject to hydrolysis) is 1. The van der Waals surface area contributed by atoms with Gasteiger partial charge in [-0.1, -0.05) is 12.1 Å². The zero-order valence-corrected chi connectivity index (χ0v) is 12.6. The van der Waals surface area contributed by atoms with Gasteiger partial charge in [0, 0.05) is 5.69 Å². The number of ether oxygens (including phenoxy) is 2. The van der Waals surface area contributed by atoms with Crippen molar-refractivity contribution in [2.75, 3.05) is 18.5 Å². The Morgan fingerprint density at radius 1 is 1.21 bits per heavy atom. The number of cyclic esters (lactones) is 1. The van der Waals surface area contributed by atoms with E-state index >= 15 is 0 Å². The summed E-state index contributed by atoms with van der Waals surface area (Å²) in [7, 11) is 0. The van der Waals surface area contributed by atoms with Crippen LogP contribution >= 0.6 is 0 Å². The highest BCUT2D eigenvalue weighted by Gasteiger charge is 2.23. The van der Waals surface area contributed by atoms with E-state index in [2.05, 4.69) is 10.6 Å². The standard InChI is InChI=1S/C17H15FN2O4/c18-12-3-7-14(8-4-12)23-10-16(21)20-13-5-1-11(2-6-13)15-9-19-17(22)24-15/h1-8,15H,9-10H2,(H,19,22)(H,20,21). The van der Waals surface area contributed by atoms with Gasteiger partial charge in [-0.15, -0.1) is 0 Å². The van der Waals surface area contributed by atoms with E-state index < -0.39 is 6.09 Å². The maximum absolute atomic E-state index is 12.8. The van der Waals surface area contributed by atoms with Crippen molar-refractivity contribution in [3.8, 4) is 5.75 Å². The molecule has 1 saturated heterocycles. The second-order valence-corrected chi connectivity index (χ2v) is 5.19. The number of carbonyl (C=O) groups is 2. The van der Waals surface area contributed by atoms with E-state index in [-0.39, 0.29) is 24.4 Å². The van der Waals surface area contributed by atoms with E-state index in [0.29, 0.717) is 18.0 Å². The van der Waals surface area contributed by atoms with Crippen molar-refractivity contribution in [3.05, 3.63) is 59.9 Å². The monoisotopic (exact) mass is 330 g/mol. The Morgan fingerprint density at radius 2 is 1.92 bits per heavy atom. The quantitative estimate of drug-likeness (QED) is 0.883. The second kappa shape index (κ2) is 6.99. The lowest BCUT2D eigenvalue weighted by Crippen LogP contribution is -2.20. The molecule has 6 nitrogen and oxygen atoms in total. The Morgan fingerprint density at radius 3 is 2.54 bits per heavy atom. The van der Waals surface area contributed by atoms with Crippen molar-refractivity contribution in [2.45, 2.75) is 6.10 Å². The number of nitrogens with one attached hydrogen (secondary N) is 2. The van der Waals surface area contributed by atoms with Crippen LogP contribution in [0.15, 0.2) is 48.5 Å². The van der Waals surface area contributed by atoms with Crippen LogP contribution < -0.4 is 15.4 Å². The number of rotatable bonds is 5. The Balaban J connectivity index is 1.51. The third-order valence-electron chi connectivity index (χ3n) is 3.43. The summed E-state index contributed by atoms with van der Waals surface area (Å²) in [6.07, 6.45) is -0.751. The maximum atomic E-state index is 12.8. The van der Waals surface area contributed by atoms with Gasteiger partial charge >= 0.3 is 6.09 Å². The lowest BCUT2D eigenvalue weighted by Gasteiger charge is -2.10. The van der Waals surface area contributed by atoms with E-state index in [1.165, 1.54) is 24.3 Å². The molecule has 1 unspecified atom stereocenters. The van der Waals surface area contributed by atoms with Crippen molar-refractivity contribution in [1.29, 1.82) is 0 Å². The summed E-state index contributed by atoms with van der Waals surface area (Å²) in [5.41, 5.74) is 1.44. The normalized spacial score (nSPS) is 16.2. The summed E-state index contributed by atoms with van der Waals surface area (Å²) in [6, 6.07) is 12.4. The third-order valence-corrected chi connectivity index (χ3v) is 3.43. The lowest BCUT2D eigenvalue weighted by molar-refractivity contribution is -0.118. The van der Waals surface area contributed by atoms with Gasteiger partial charge in [0.15, 0.2) is 6.61 Å². The molecule has 1 aliphatic heterocycles. The van der Waals surface area contributed by atoms with Gasteiger partial charge in [0.25, 0.3) is 5.91 Å². The highest BCUT2D eigenvalue weighted by molar-refractivity contribution is 5.91. The molecule has 1 atom stereocenters. The number of carbonyl (C=O) groups excluding carboxylic acids is 2. The number of hydrogen-bond acceptors (Lipinski definition) is 4. The average molecular weight is 330 g/mol. The molecule has 2 aromatic rings. The first-order valence-electron chi connectivity index (χ1n) is 7.33. The predicted octanol–water partition coefficient (Wildman–Crippen LogP) is 2.62. The molecule has 2 N–H and O–H groups in total. The maximum Gasteiger partial charge on any atom is 0.407 e. The lowest BCUT2D eigenvalue weighted by atomic mass is 10.1.